The molecule has 1 aliphatic rings. The molecule has 4 rings (SSSR count). The van der Waals surface area contributed by atoms with E-state index in [2.05, 4.69) is 25.7 Å². The maximum atomic E-state index is 13.2. The summed E-state index contributed by atoms with van der Waals surface area (Å²) in [7, 11) is 1.78. The fourth-order valence-electron chi connectivity index (χ4n) is 3.65. The number of nitrogens with one attached hydrogen (secondary N) is 2. The van der Waals surface area contributed by atoms with Crippen LogP contribution in [0, 0.1) is 12.7 Å². The Kier molecular flexibility index (Phi) is 5.75. The Balaban J connectivity index is 1.47. The van der Waals surface area contributed by atoms with Gasteiger partial charge >= 0.3 is 0 Å². The molecule has 0 fully saturated rings. The monoisotopic (exact) mass is 427 g/mol. The minimum Gasteiger partial charge on any atom is -0.394 e. The minimum atomic E-state index is -0.905. The van der Waals surface area contributed by atoms with Gasteiger partial charge in [-0.2, -0.15) is 10.1 Å². The van der Waals surface area contributed by atoms with E-state index in [-0.39, 0.29) is 18.5 Å². The van der Waals surface area contributed by atoms with Crippen LogP contribution in [0.25, 0.3) is 0 Å². The van der Waals surface area contributed by atoms with Crippen LogP contribution in [0.4, 0.5) is 21.8 Å². The van der Waals surface area contributed by atoms with Crippen LogP contribution in [0.2, 0.25) is 0 Å². The van der Waals surface area contributed by atoms with Crippen molar-refractivity contribution in [3.8, 4) is 0 Å². The van der Waals surface area contributed by atoms with E-state index in [0.29, 0.717) is 29.7 Å². The van der Waals surface area contributed by atoms with Gasteiger partial charge in [-0.05, 0) is 31.5 Å². The van der Waals surface area contributed by atoms with Crippen molar-refractivity contribution in [3.63, 3.8) is 0 Å². The molecule has 0 amide bonds. The number of nitrogens with zero attached hydrogens (tertiary/aromatic N) is 5. The number of likely N-dealkylation sites (N-methyl/N-ethyl adjacent to an activating group) is 1. The molecule has 9 nitrogen and oxygen atoms in total. The molecule has 0 radical (unpaired) electrons. The molecule has 1 unspecified atom stereocenters. The zero-order chi connectivity index (χ0) is 22.1. The SMILES string of the molecule is Cc1nc(NCc2cnn([C@H](C)c3ccc(F)cc3)c2)nc2c1NC(O)[C@H](CO)N2C. The molecule has 0 aliphatic carbocycles. The third kappa shape index (κ3) is 4.17. The smallest absolute Gasteiger partial charge is 0.225 e. The Labute approximate surface area is 179 Å². The molecule has 31 heavy (non-hydrogen) atoms. The molecule has 1 aliphatic heterocycles. The lowest BCUT2D eigenvalue weighted by Gasteiger charge is -2.38. The highest BCUT2D eigenvalue weighted by atomic mass is 19.1. The number of hydrogen-bond donors (Lipinski definition) is 4. The molecule has 0 saturated heterocycles. The first-order chi connectivity index (χ1) is 14.9. The second-order valence-electron chi connectivity index (χ2n) is 7.69. The molecular weight excluding hydrogens is 401 g/mol. The second-order valence-corrected chi connectivity index (χ2v) is 7.69. The van der Waals surface area contributed by atoms with E-state index in [1.165, 1.54) is 12.1 Å². The van der Waals surface area contributed by atoms with Gasteiger partial charge in [0.15, 0.2) is 5.82 Å². The molecule has 0 spiro atoms. The zero-order valence-electron chi connectivity index (χ0n) is 17.6. The topological polar surface area (TPSA) is 111 Å². The number of rotatable bonds is 6. The Bertz CT molecular complexity index is 1060. The molecule has 164 valence electrons. The standard InChI is InChI=1S/C21H26FN7O2/c1-12-18-19(28(3)17(11-30)20(31)26-18)27-21(25-12)23-8-14-9-24-29(10-14)13(2)15-4-6-16(22)7-5-15/h4-7,9-10,13,17,20,26,30-31H,8,11H2,1-3H3,(H,23,25,27)/t13-,17+,20?/m1/s1. The van der Waals surface area contributed by atoms with Crippen molar-refractivity contribution in [1.29, 1.82) is 0 Å². The van der Waals surface area contributed by atoms with Gasteiger partial charge in [0.05, 0.1) is 30.6 Å². The molecule has 0 bridgehead atoms. The van der Waals surface area contributed by atoms with Crippen molar-refractivity contribution >= 4 is 17.5 Å². The summed E-state index contributed by atoms with van der Waals surface area (Å²) >= 11 is 0. The first kappa shape index (κ1) is 21.0. The normalized spacial score (nSPS) is 19.0. The van der Waals surface area contributed by atoms with E-state index < -0.39 is 12.3 Å². The van der Waals surface area contributed by atoms with E-state index in [1.54, 1.807) is 30.3 Å². The molecule has 3 atom stereocenters. The Morgan fingerprint density at radius 1 is 1.26 bits per heavy atom. The highest BCUT2D eigenvalue weighted by Gasteiger charge is 2.33. The summed E-state index contributed by atoms with van der Waals surface area (Å²) in [5.41, 5.74) is 3.25. The van der Waals surface area contributed by atoms with Crippen LogP contribution >= 0.6 is 0 Å². The number of hydrogen-bond acceptors (Lipinski definition) is 8. The van der Waals surface area contributed by atoms with E-state index in [4.69, 9.17) is 0 Å². The lowest BCUT2D eigenvalue weighted by molar-refractivity contribution is 0.123. The highest BCUT2D eigenvalue weighted by Crippen LogP contribution is 2.33. The number of halogens is 1. The van der Waals surface area contributed by atoms with Gasteiger partial charge in [-0.3, -0.25) is 4.68 Å². The van der Waals surface area contributed by atoms with Crippen molar-refractivity contribution in [2.45, 2.75) is 38.7 Å². The van der Waals surface area contributed by atoms with Crippen molar-refractivity contribution in [1.82, 2.24) is 19.7 Å². The summed E-state index contributed by atoms with van der Waals surface area (Å²) in [6, 6.07) is 5.87. The van der Waals surface area contributed by atoms with Gasteiger partial charge in [0.2, 0.25) is 5.95 Å². The van der Waals surface area contributed by atoms with E-state index in [0.717, 1.165) is 11.1 Å². The van der Waals surface area contributed by atoms with Crippen LogP contribution in [0.5, 0.6) is 0 Å². The Hall–Kier alpha value is -3.24. The van der Waals surface area contributed by atoms with Crippen LogP contribution in [0.1, 0.15) is 29.8 Å². The van der Waals surface area contributed by atoms with Crippen molar-refractivity contribution < 1.29 is 14.6 Å². The molecule has 4 N–H and O–H groups in total. The van der Waals surface area contributed by atoms with Gasteiger partial charge < -0.3 is 25.7 Å². The van der Waals surface area contributed by atoms with Crippen LogP contribution < -0.4 is 15.5 Å². The maximum Gasteiger partial charge on any atom is 0.225 e. The van der Waals surface area contributed by atoms with Gasteiger partial charge in [-0.1, -0.05) is 12.1 Å². The number of aromatic nitrogens is 4. The van der Waals surface area contributed by atoms with Crippen LogP contribution in [0.3, 0.4) is 0 Å². The van der Waals surface area contributed by atoms with E-state index in [1.807, 2.05) is 24.7 Å². The van der Waals surface area contributed by atoms with Gasteiger partial charge in [-0.25, -0.2) is 9.37 Å². The van der Waals surface area contributed by atoms with Crippen molar-refractivity contribution in [2.24, 2.45) is 0 Å². The number of fused-ring (bicyclic) bond motifs is 1. The predicted octanol–water partition coefficient (Wildman–Crippen LogP) is 1.88. The average Bonchev–Trinajstić information content (AvgIpc) is 3.23. The Morgan fingerprint density at radius 3 is 2.71 bits per heavy atom. The van der Waals surface area contributed by atoms with Gasteiger partial charge in [-0.15, -0.1) is 0 Å². The van der Waals surface area contributed by atoms with Gasteiger partial charge in [0.25, 0.3) is 0 Å². The number of benzene rings is 1. The molecule has 3 aromatic rings. The summed E-state index contributed by atoms with van der Waals surface area (Å²) in [6.07, 6.45) is 2.79. The average molecular weight is 427 g/mol. The van der Waals surface area contributed by atoms with Gasteiger partial charge in [0.1, 0.15) is 17.7 Å². The third-order valence-electron chi connectivity index (χ3n) is 5.60. The lowest BCUT2D eigenvalue weighted by Crippen LogP contribution is -2.51. The van der Waals surface area contributed by atoms with E-state index in [9.17, 15) is 14.6 Å². The van der Waals surface area contributed by atoms with Crippen LogP contribution in [-0.4, -0.2) is 55.9 Å². The summed E-state index contributed by atoms with van der Waals surface area (Å²) in [5, 5.41) is 30.3. The number of anilines is 3. The largest absolute Gasteiger partial charge is 0.394 e. The Morgan fingerprint density at radius 2 is 2.00 bits per heavy atom. The molecule has 0 saturated carbocycles. The summed E-state index contributed by atoms with van der Waals surface area (Å²) < 4.78 is 15.0. The number of aryl methyl sites for hydroxylation is 1. The van der Waals surface area contributed by atoms with Gasteiger partial charge in [0, 0.05) is 25.4 Å². The molecule has 3 heterocycles. The summed E-state index contributed by atoms with van der Waals surface area (Å²) in [5.74, 6) is 0.791. The third-order valence-corrected chi connectivity index (χ3v) is 5.60. The van der Waals surface area contributed by atoms with Crippen molar-refractivity contribution in [3.05, 3.63) is 59.3 Å². The van der Waals surface area contributed by atoms with Crippen LogP contribution in [0.15, 0.2) is 36.7 Å². The van der Waals surface area contributed by atoms with Crippen LogP contribution in [-0.2, 0) is 6.54 Å². The number of aliphatic hydroxyl groups excluding tert-OH is 2. The molecule has 1 aromatic carbocycles. The first-order valence-corrected chi connectivity index (χ1v) is 10.1. The lowest BCUT2D eigenvalue weighted by atomic mass is 10.1. The summed E-state index contributed by atoms with van der Waals surface area (Å²) in [4.78, 5) is 10.8. The molecular formula is C21H26FN7O2. The minimum absolute atomic E-state index is 0.0295. The quantitative estimate of drug-likeness (QED) is 0.472. The van der Waals surface area contributed by atoms with E-state index >= 15 is 0 Å². The molecule has 10 heteroatoms. The molecule has 2 aromatic heterocycles. The predicted molar refractivity (Wildman–Crippen MR) is 115 cm³/mol. The van der Waals surface area contributed by atoms with Crippen molar-refractivity contribution in [2.75, 3.05) is 29.2 Å². The zero-order valence-corrected chi connectivity index (χ0v) is 17.6. The second kappa shape index (κ2) is 8.48. The number of aliphatic hydroxyl groups is 2. The fraction of sp³-hybridized carbons (Fsp3) is 0.381. The fourth-order valence-corrected chi connectivity index (χ4v) is 3.65. The first-order valence-electron chi connectivity index (χ1n) is 10.1. The highest BCUT2D eigenvalue weighted by molar-refractivity contribution is 5.72. The maximum absolute atomic E-state index is 13.2. The summed E-state index contributed by atoms with van der Waals surface area (Å²) in [6.45, 7) is 4.10.